The van der Waals surface area contributed by atoms with Gasteiger partial charge >= 0.3 is 11.9 Å². The minimum Gasteiger partial charge on any atom is -0.481 e. The average molecular weight is 361 g/mol. The Morgan fingerprint density at radius 2 is 1.92 bits per heavy atom. The molecule has 2 rings (SSSR count). The van der Waals surface area contributed by atoms with Crippen LogP contribution in [-0.2, 0) is 27.9 Å². The maximum atomic E-state index is 12.1. The second kappa shape index (κ2) is 8.48. The maximum Gasteiger partial charge on any atom is 0.326 e. The van der Waals surface area contributed by atoms with E-state index in [9.17, 15) is 19.5 Å². The van der Waals surface area contributed by atoms with Crippen molar-refractivity contribution < 1.29 is 24.6 Å². The van der Waals surface area contributed by atoms with Gasteiger partial charge in [0.15, 0.2) is 0 Å². The van der Waals surface area contributed by atoms with E-state index in [1.807, 2.05) is 42.1 Å². The normalized spacial score (nSPS) is 13.3. The summed E-state index contributed by atoms with van der Waals surface area (Å²) in [7, 11) is 1.87. The summed E-state index contributed by atoms with van der Waals surface area (Å²) in [6.07, 6.45) is 2.33. The van der Waals surface area contributed by atoms with Crippen LogP contribution in [0.3, 0.4) is 0 Å². The van der Waals surface area contributed by atoms with Crippen molar-refractivity contribution >= 4 is 28.7 Å². The number of carbonyl (C=O) groups is 3. The molecule has 1 amide bonds. The summed E-state index contributed by atoms with van der Waals surface area (Å²) in [5.41, 5.74) is 7.53. The van der Waals surface area contributed by atoms with Gasteiger partial charge in [-0.15, -0.1) is 0 Å². The highest BCUT2D eigenvalue weighted by Gasteiger charge is 2.24. The number of rotatable bonds is 9. The zero-order chi connectivity index (χ0) is 19.3. The number of aryl methyl sites for hydroxylation is 1. The fourth-order valence-electron chi connectivity index (χ4n) is 2.89. The molecule has 8 heteroatoms. The minimum atomic E-state index is -1.15. The average Bonchev–Trinajstić information content (AvgIpc) is 2.90. The molecule has 0 spiro atoms. The summed E-state index contributed by atoms with van der Waals surface area (Å²) in [5, 5.41) is 21.5. The van der Waals surface area contributed by atoms with Crippen LogP contribution in [0.1, 0.15) is 24.8 Å². The van der Waals surface area contributed by atoms with Gasteiger partial charge in [-0.05, 0) is 24.5 Å². The monoisotopic (exact) mass is 361 g/mol. The van der Waals surface area contributed by atoms with Crippen molar-refractivity contribution in [3.63, 3.8) is 0 Å². The molecule has 5 N–H and O–H groups in total. The summed E-state index contributed by atoms with van der Waals surface area (Å²) in [5.74, 6) is -2.70. The lowest BCUT2D eigenvalue weighted by Crippen LogP contribution is -2.49. The van der Waals surface area contributed by atoms with Gasteiger partial charge in [0.1, 0.15) is 6.04 Å². The van der Waals surface area contributed by atoms with Gasteiger partial charge < -0.3 is 25.8 Å². The molecule has 0 saturated carbocycles. The van der Waals surface area contributed by atoms with E-state index in [4.69, 9.17) is 10.8 Å². The third-order valence-corrected chi connectivity index (χ3v) is 4.26. The summed E-state index contributed by atoms with van der Waals surface area (Å²) in [4.78, 5) is 34.2. The lowest BCUT2D eigenvalue weighted by atomic mass is 10.0. The molecule has 1 heterocycles. The van der Waals surface area contributed by atoms with E-state index in [0.717, 1.165) is 16.5 Å². The Kier molecular flexibility index (Phi) is 6.35. The van der Waals surface area contributed by atoms with Crippen molar-refractivity contribution in [3.8, 4) is 0 Å². The van der Waals surface area contributed by atoms with Crippen LogP contribution in [0.5, 0.6) is 0 Å². The number of benzene rings is 1. The Morgan fingerprint density at radius 1 is 1.23 bits per heavy atom. The highest BCUT2D eigenvalue weighted by Crippen LogP contribution is 2.21. The molecule has 2 aromatic rings. The van der Waals surface area contributed by atoms with Crippen LogP contribution in [0.4, 0.5) is 0 Å². The molecular weight excluding hydrogens is 338 g/mol. The second-order valence-corrected chi connectivity index (χ2v) is 6.28. The van der Waals surface area contributed by atoms with E-state index >= 15 is 0 Å². The second-order valence-electron chi connectivity index (χ2n) is 6.28. The molecule has 0 aliphatic heterocycles. The van der Waals surface area contributed by atoms with E-state index < -0.39 is 29.9 Å². The zero-order valence-electron chi connectivity index (χ0n) is 14.5. The number of nitrogens with one attached hydrogen (secondary N) is 1. The van der Waals surface area contributed by atoms with Crippen molar-refractivity contribution in [1.29, 1.82) is 0 Å². The number of fused-ring (bicyclic) bond motifs is 1. The van der Waals surface area contributed by atoms with E-state index in [2.05, 4.69) is 5.32 Å². The largest absolute Gasteiger partial charge is 0.481 e. The molecule has 26 heavy (non-hydrogen) atoms. The topological polar surface area (TPSA) is 135 Å². The van der Waals surface area contributed by atoms with Gasteiger partial charge in [-0.2, -0.15) is 0 Å². The number of carboxylic acids is 2. The van der Waals surface area contributed by atoms with Gasteiger partial charge in [0, 0.05) is 37.0 Å². The lowest BCUT2D eigenvalue weighted by Gasteiger charge is -2.17. The van der Waals surface area contributed by atoms with Crippen LogP contribution < -0.4 is 11.1 Å². The first-order valence-electron chi connectivity index (χ1n) is 8.33. The fraction of sp³-hybridized carbons (Fsp3) is 0.389. The number of nitrogens with zero attached hydrogens (tertiary/aromatic N) is 1. The van der Waals surface area contributed by atoms with Crippen molar-refractivity contribution in [1.82, 2.24) is 9.88 Å². The first kappa shape index (κ1) is 19.5. The third-order valence-electron chi connectivity index (χ3n) is 4.26. The van der Waals surface area contributed by atoms with E-state index in [1.54, 1.807) is 0 Å². The summed E-state index contributed by atoms with van der Waals surface area (Å²) in [6, 6.07) is 5.56. The molecule has 1 aromatic carbocycles. The Bertz CT molecular complexity index is 814. The van der Waals surface area contributed by atoms with Crippen molar-refractivity contribution in [2.24, 2.45) is 12.8 Å². The molecule has 1 unspecified atom stereocenters. The van der Waals surface area contributed by atoms with Crippen LogP contribution in [0.25, 0.3) is 10.9 Å². The number of hydrogen-bond donors (Lipinski definition) is 4. The number of aromatic nitrogens is 1. The first-order valence-corrected chi connectivity index (χ1v) is 8.33. The summed E-state index contributed by atoms with van der Waals surface area (Å²) >= 11 is 0. The highest BCUT2D eigenvalue weighted by atomic mass is 16.4. The number of para-hydroxylation sites is 1. The van der Waals surface area contributed by atoms with E-state index in [0.29, 0.717) is 0 Å². The standard InChI is InChI=1S/C18H23N3O5/c1-21-10-11(12-5-2-3-7-15(12)21)9-14(18(25)26)20-17(24)13(19)6-4-8-16(22)23/h2-3,5,7,10,13-14H,4,6,8-9,19H2,1H3,(H,20,24)(H,22,23)(H,25,26)/t13?,14-/m1/s1. The van der Waals surface area contributed by atoms with Gasteiger partial charge in [-0.3, -0.25) is 9.59 Å². The molecule has 140 valence electrons. The Morgan fingerprint density at radius 3 is 2.58 bits per heavy atom. The highest BCUT2D eigenvalue weighted by molar-refractivity contribution is 5.88. The molecule has 0 bridgehead atoms. The molecule has 0 saturated heterocycles. The van der Waals surface area contributed by atoms with Crippen molar-refractivity contribution in [3.05, 3.63) is 36.0 Å². The van der Waals surface area contributed by atoms with Crippen LogP contribution in [0, 0.1) is 0 Å². The van der Waals surface area contributed by atoms with E-state index in [1.165, 1.54) is 0 Å². The number of carbonyl (C=O) groups excluding carboxylic acids is 1. The molecule has 0 radical (unpaired) electrons. The zero-order valence-corrected chi connectivity index (χ0v) is 14.5. The van der Waals surface area contributed by atoms with Crippen molar-refractivity contribution in [2.75, 3.05) is 0 Å². The predicted molar refractivity (Wildman–Crippen MR) is 95.7 cm³/mol. The fourth-order valence-corrected chi connectivity index (χ4v) is 2.89. The smallest absolute Gasteiger partial charge is 0.326 e. The lowest BCUT2D eigenvalue weighted by molar-refractivity contribution is -0.142. The third kappa shape index (κ3) is 4.82. The maximum absolute atomic E-state index is 12.1. The van der Waals surface area contributed by atoms with Gasteiger partial charge in [0.2, 0.25) is 5.91 Å². The Hall–Kier alpha value is -2.87. The van der Waals surface area contributed by atoms with Gasteiger partial charge in [-0.25, -0.2) is 4.79 Å². The number of carboxylic acid groups (broad SMARTS) is 2. The first-order chi connectivity index (χ1) is 12.3. The number of amides is 1. The van der Waals surface area contributed by atoms with Gasteiger partial charge in [0.25, 0.3) is 0 Å². The van der Waals surface area contributed by atoms with E-state index in [-0.39, 0.29) is 25.7 Å². The summed E-state index contributed by atoms with van der Waals surface area (Å²) < 4.78 is 1.91. The molecular formula is C18H23N3O5. The number of aliphatic carboxylic acids is 2. The summed E-state index contributed by atoms with van der Waals surface area (Å²) in [6.45, 7) is 0. The van der Waals surface area contributed by atoms with Crippen LogP contribution in [0.2, 0.25) is 0 Å². The molecule has 2 atom stereocenters. The number of nitrogens with two attached hydrogens (primary N) is 1. The van der Waals surface area contributed by atoms with Crippen LogP contribution in [0.15, 0.2) is 30.5 Å². The Labute approximate surface area is 150 Å². The molecule has 0 aliphatic rings. The SMILES string of the molecule is Cn1cc(C[C@@H](NC(=O)C(N)CCCC(=O)O)C(=O)O)c2ccccc21. The Balaban J connectivity index is 2.05. The van der Waals surface area contributed by atoms with Gasteiger partial charge in [0.05, 0.1) is 6.04 Å². The van der Waals surface area contributed by atoms with Crippen LogP contribution >= 0.6 is 0 Å². The van der Waals surface area contributed by atoms with Crippen molar-refractivity contribution in [2.45, 2.75) is 37.8 Å². The predicted octanol–water partition coefficient (Wildman–Crippen LogP) is 0.872. The van der Waals surface area contributed by atoms with Crippen LogP contribution in [-0.4, -0.2) is 44.7 Å². The quantitative estimate of drug-likeness (QED) is 0.523. The molecule has 0 fully saturated rings. The van der Waals surface area contributed by atoms with Gasteiger partial charge in [-0.1, -0.05) is 18.2 Å². The molecule has 8 nitrogen and oxygen atoms in total. The molecule has 1 aromatic heterocycles. The minimum absolute atomic E-state index is 0.0840. The number of hydrogen-bond acceptors (Lipinski definition) is 4. The molecule has 0 aliphatic carbocycles.